The van der Waals surface area contributed by atoms with E-state index in [-0.39, 0.29) is 4.90 Å². The normalized spacial score (nSPS) is 15.5. The minimum Gasteiger partial charge on any atom is -0.493 e. The Bertz CT molecular complexity index is 830. The molecule has 0 saturated heterocycles. The van der Waals surface area contributed by atoms with Crippen LogP contribution in [0.2, 0.25) is 0 Å². The predicted octanol–water partition coefficient (Wildman–Crippen LogP) is 2.38. The molecule has 6 heteroatoms. The van der Waals surface area contributed by atoms with Crippen LogP contribution in [0.25, 0.3) is 0 Å². The lowest BCUT2D eigenvalue weighted by Gasteiger charge is -2.22. The largest absolute Gasteiger partial charge is 0.493 e. The van der Waals surface area contributed by atoms with Gasteiger partial charge in [-0.15, -0.1) is 0 Å². The van der Waals surface area contributed by atoms with E-state index in [2.05, 4.69) is 0 Å². The molecular weight excluding hydrogens is 314 g/mol. The molecule has 120 valence electrons. The lowest BCUT2D eigenvalue weighted by molar-refractivity contribution is 0.348. The van der Waals surface area contributed by atoms with Crippen molar-refractivity contribution in [2.75, 3.05) is 24.6 Å². The average molecular weight is 331 g/mol. The van der Waals surface area contributed by atoms with Gasteiger partial charge < -0.3 is 9.47 Å². The number of para-hydroxylation sites is 1. The van der Waals surface area contributed by atoms with E-state index in [9.17, 15) is 8.42 Å². The Morgan fingerprint density at radius 3 is 2.57 bits per heavy atom. The average Bonchev–Trinajstić information content (AvgIpc) is 3.20. The molecule has 0 unspecified atom stereocenters. The number of benzene rings is 2. The molecule has 0 amide bonds. The SMILES string of the molecule is CN(c1ccccc1)S(=O)(=O)c1c2c(cc3c1OCC3)OCC2. The van der Waals surface area contributed by atoms with Gasteiger partial charge in [0.05, 0.1) is 18.9 Å². The summed E-state index contributed by atoms with van der Waals surface area (Å²) in [5.41, 5.74) is 2.26. The van der Waals surface area contributed by atoms with Crippen LogP contribution < -0.4 is 13.8 Å². The molecule has 0 fully saturated rings. The van der Waals surface area contributed by atoms with Crippen LogP contribution in [0.5, 0.6) is 11.5 Å². The molecule has 0 aromatic heterocycles. The highest BCUT2D eigenvalue weighted by Crippen LogP contribution is 2.44. The summed E-state index contributed by atoms with van der Waals surface area (Å²) in [6.45, 7) is 1.02. The fourth-order valence-corrected chi connectivity index (χ4v) is 4.74. The molecule has 2 aromatic rings. The van der Waals surface area contributed by atoms with E-state index in [1.807, 2.05) is 24.3 Å². The third kappa shape index (κ3) is 2.16. The van der Waals surface area contributed by atoms with Gasteiger partial charge in [0.25, 0.3) is 10.0 Å². The van der Waals surface area contributed by atoms with Crippen molar-refractivity contribution in [2.24, 2.45) is 0 Å². The van der Waals surface area contributed by atoms with E-state index in [4.69, 9.17) is 9.47 Å². The Kier molecular flexibility index (Phi) is 3.23. The van der Waals surface area contributed by atoms with Gasteiger partial charge in [0.15, 0.2) is 0 Å². The van der Waals surface area contributed by atoms with Gasteiger partial charge in [0.1, 0.15) is 16.4 Å². The van der Waals surface area contributed by atoms with Gasteiger partial charge in [-0.3, -0.25) is 4.31 Å². The first kappa shape index (κ1) is 14.4. The molecule has 23 heavy (non-hydrogen) atoms. The number of anilines is 1. The fraction of sp³-hybridized carbons (Fsp3) is 0.294. The smallest absolute Gasteiger partial charge is 0.268 e. The molecule has 2 aromatic carbocycles. The van der Waals surface area contributed by atoms with Crippen LogP contribution >= 0.6 is 0 Å². The van der Waals surface area contributed by atoms with Gasteiger partial charge in [-0.2, -0.15) is 0 Å². The van der Waals surface area contributed by atoms with Crippen molar-refractivity contribution >= 4 is 15.7 Å². The zero-order valence-corrected chi connectivity index (χ0v) is 13.6. The number of ether oxygens (including phenoxy) is 2. The second-order valence-electron chi connectivity index (χ2n) is 5.68. The van der Waals surface area contributed by atoms with Crippen molar-refractivity contribution in [1.29, 1.82) is 0 Å². The summed E-state index contributed by atoms with van der Waals surface area (Å²) in [7, 11) is -2.14. The van der Waals surface area contributed by atoms with Crippen LogP contribution in [0.3, 0.4) is 0 Å². The molecule has 0 N–H and O–H groups in total. The Morgan fingerprint density at radius 1 is 1.04 bits per heavy atom. The molecule has 0 radical (unpaired) electrons. The highest BCUT2D eigenvalue weighted by molar-refractivity contribution is 7.93. The number of rotatable bonds is 3. The minimum absolute atomic E-state index is 0.270. The fourth-order valence-electron chi connectivity index (χ4n) is 3.13. The maximum absolute atomic E-state index is 13.2. The van der Waals surface area contributed by atoms with Crippen molar-refractivity contribution in [3.63, 3.8) is 0 Å². The molecule has 4 rings (SSSR count). The topological polar surface area (TPSA) is 55.8 Å². The second kappa shape index (κ2) is 5.16. The van der Waals surface area contributed by atoms with Crippen LogP contribution in [0.15, 0.2) is 41.3 Å². The first-order valence-corrected chi connectivity index (χ1v) is 9.01. The Labute approximate surface area is 135 Å². The molecule has 2 aliphatic heterocycles. The number of hydrogen-bond acceptors (Lipinski definition) is 4. The Hall–Kier alpha value is -2.21. The highest BCUT2D eigenvalue weighted by atomic mass is 32.2. The van der Waals surface area contributed by atoms with E-state index >= 15 is 0 Å². The highest BCUT2D eigenvalue weighted by Gasteiger charge is 2.36. The van der Waals surface area contributed by atoms with Crippen molar-refractivity contribution in [1.82, 2.24) is 0 Å². The van der Waals surface area contributed by atoms with Crippen LogP contribution in [-0.4, -0.2) is 28.7 Å². The molecule has 0 atom stereocenters. The molecule has 0 spiro atoms. The third-order valence-electron chi connectivity index (χ3n) is 4.34. The summed E-state index contributed by atoms with van der Waals surface area (Å²) in [6, 6.07) is 11.0. The summed E-state index contributed by atoms with van der Waals surface area (Å²) < 4.78 is 39.1. The number of hydrogen-bond donors (Lipinski definition) is 0. The van der Waals surface area contributed by atoms with Crippen LogP contribution in [0, 0.1) is 0 Å². The van der Waals surface area contributed by atoms with Crippen molar-refractivity contribution in [3.8, 4) is 11.5 Å². The quantitative estimate of drug-likeness (QED) is 0.866. The van der Waals surface area contributed by atoms with Gasteiger partial charge in [0, 0.05) is 31.0 Å². The lowest BCUT2D eigenvalue weighted by Crippen LogP contribution is -2.27. The van der Waals surface area contributed by atoms with Crippen molar-refractivity contribution < 1.29 is 17.9 Å². The number of fused-ring (bicyclic) bond motifs is 2. The summed E-state index contributed by atoms with van der Waals surface area (Å²) in [5.74, 6) is 1.17. The predicted molar refractivity (Wildman–Crippen MR) is 86.9 cm³/mol. The van der Waals surface area contributed by atoms with E-state index < -0.39 is 10.0 Å². The van der Waals surface area contributed by atoms with Crippen molar-refractivity contribution in [2.45, 2.75) is 17.7 Å². The van der Waals surface area contributed by atoms with Crippen molar-refractivity contribution in [3.05, 3.63) is 47.5 Å². The van der Waals surface area contributed by atoms with Crippen LogP contribution in [0.1, 0.15) is 11.1 Å². The van der Waals surface area contributed by atoms with E-state index in [1.165, 1.54) is 4.31 Å². The maximum Gasteiger partial charge on any atom is 0.268 e. The molecule has 0 bridgehead atoms. The Morgan fingerprint density at radius 2 is 1.78 bits per heavy atom. The van der Waals surface area contributed by atoms with Crippen LogP contribution in [-0.2, 0) is 22.9 Å². The molecule has 0 aliphatic carbocycles. The molecule has 5 nitrogen and oxygen atoms in total. The molecular formula is C17H17NO4S. The molecule has 2 aliphatic rings. The minimum atomic E-state index is -3.71. The van der Waals surface area contributed by atoms with Crippen LogP contribution in [0.4, 0.5) is 5.69 Å². The number of nitrogens with zero attached hydrogens (tertiary/aromatic N) is 1. The zero-order chi connectivity index (χ0) is 16.0. The van der Waals surface area contributed by atoms with Gasteiger partial charge in [0.2, 0.25) is 0 Å². The summed E-state index contributed by atoms with van der Waals surface area (Å²) in [4.78, 5) is 0.270. The van der Waals surface area contributed by atoms with E-state index in [1.54, 1.807) is 19.2 Å². The lowest BCUT2D eigenvalue weighted by atomic mass is 10.1. The second-order valence-corrected chi connectivity index (χ2v) is 7.58. The maximum atomic E-state index is 13.2. The van der Waals surface area contributed by atoms with E-state index in [0.717, 1.165) is 11.1 Å². The first-order valence-electron chi connectivity index (χ1n) is 7.57. The van der Waals surface area contributed by atoms with Gasteiger partial charge in [-0.25, -0.2) is 8.42 Å². The monoisotopic (exact) mass is 331 g/mol. The standard InChI is InChI=1S/C17H17NO4S/c1-18(13-5-3-2-4-6-13)23(19,20)17-14-8-10-21-15(14)11-12-7-9-22-16(12)17/h2-6,11H,7-10H2,1H3. The van der Waals surface area contributed by atoms with Gasteiger partial charge in [-0.05, 0) is 18.2 Å². The van der Waals surface area contributed by atoms with Gasteiger partial charge >= 0.3 is 0 Å². The Balaban J connectivity index is 1.90. The number of sulfonamides is 1. The molecule has 2 heterocycles. The third-order valence-corrected chi connectivity index (χ3v) is 6.22. The van der Waals surface area contributed by atoms with Gasteiger partial charge in [-0.1, -0.05) is 18.2 Å². The zero-order valence-electron chi connectivity index (χ0n) is 12.8. The summed E-state index contributed by atoms with van der Waals surface area (Å²) >= 11 is 0. The summed E-state index contributed by atoms with van der Waals surface area (Å²) in [5, 5.41) is 0. The summed E-state index contributed by atoms with van der Waals surface area (Å²) in [6.07, 6.45) is 1.30. The molecule has 0 saturated carbocycles. The first-order chi connectivity index (χ1) is 11.1. The van der Waals surface area contributed by atoms with E-state index in [0.29, 0.717) is 43.2 Å².